The number of hydrogen-bond acceptors (Lipinski definition) is 6. The van der Waals surface area contributed by atoms with E-state index in [1.54, 1.807) is 11.0 Å². The largest absolute Gasteiger partial charge is 0.383 e. The van der Waals surface area contributed by atoms with Crippen molar-refractivity contribution in [3.05, 3.63) is 47.7 Å². The minimum absolute atomic E-state index is 0.105. The van der Waals surface area contributed by atoms with Crippen molar-refractivity contribution >= 4 is 29.0 Å². The van der Waals surface area contributed by atoms with Crippen molar-refractivity contribution in [2.45, 2.75) is 64.8 Å². The molecule has 8 heteroatoms. The maximum atomic E-state index is 13.4. The number of hydrogen-bond donors (Lipinski definition) is 2. The smallest absolute Gasteiger partial charge is 0.313 e. The maximum absolute atomic E-state index is 13.4. The molecule has 3 aliphatic heterocycles. The number of rotatable bonds is 4. The van der Waals surface area contributed by atoms with Crippen LogP contribution in [0.5, 0.6) is 0 Å². The molecule has 3 N–H and O–H groups in total. The number of amides is 2. The lowest BCUT2D eigenvalue weighted by Crippen LogP contribution is -2.48. The molecule has 3 aliphatic rings. The molecule has 2 atom stereocenters. The Balaban J connectivity index is 1.25. The van der Waals surface area contributed by atoms with Crippen molar-refractivity contribution in [1.29, 1.82) is 0 Å². The average molecular weight is 533 g/mol. The van der Waals surface area contributed by atoms with E-state index < -0.39 is 11.8 Å². The number of nitrogens with zero attached hydrogens (tertiary/aromatic N) is 4. The number of piperidine rings is 3. The second kappa shape index (κ2) is 11.5. The quantitative estimate of drug-likeness (QED) is 0.564. The van der Waals surface area contributed by atoms with Gasteiger partial charge in [-0.1, -0.05) is 26.0 Å². The van der Waals surface area contributed by atoms with E-state index in [2.05, 4.69) is 58.3 Å². The molecule has 1 unspecified atom stereocenters. The van der Waals surface area contributed by atoms with Crippen LogP contribution >= 0.6 is 0 Å². The number of benzene rings is 1. The van der Waals surface area contributed by atoms with E-state index in [9.17, 15) is 9.59 Å². The lowest BCUT2D eigenvalue weighted by molar-refractivity contribution is -0.146. The Kier molecular flexibility index (Phi) is 8.12. The van der Waals surface area contributed by atoms with E-state index in [-0.39, 0.29) is 6.04 Å². The summed E-state index contributed by atoms with van der Waals surface area (Å²) < 4.78 is 0. The summed E-state index contributed by atoms with van der Waals surface area (Å²) in [6, 6.07) is 10.4. The van der Waals surface area contributed by atoms with Crippen LogP contribution in [0.2, 0.25) is 0 Å². The first-order valence-electron chi connectivity index (χ1n) is 14.7. The van der Waals surface area contributed by atoms with Crippen molar-refractivity contribution in [3.63, 3.8) is 0 Å². The van der Waals surface area contributed by atoms with Crippen LogP contribution in [-0.4, -0.2) is 66.4 Å². The summed E-state index contributed by atoms with van der Waals surface area (Å²) in [4.78, 5) is 37.3. The number of nitrogens with two attached hydrogens (primary N) is 1. The minimum atomic E-state index is -0.630. The van der Waals surface area contributed by atoms with Crippen molar-refractivity contribution in [1.82, 2.24) is 14.8 Å². The zero-order valence-electron chi connectivity index (χ0n) is 23.8. The summed E-state index contributed by atoms with van der Waals surface area (Å²) in [6.45, 7) is 9.34. The number of aromatic nitrogens is 1. The molecular formula is C31H44N6O2. The fraction of sp³-hybridized carbons (Fsp3) is 0.581. The number of carbonyl (C=O) groups is 2. The van der Waals surface area contributed by atoms with Crippen molar-refractivity contribution in [3.8, 4) is 0 Å². The number of anilines is 3. The van der Waals surface area contributed by atoms with Gasteiger partial charge in [-0.15, -0.1) is 0 Å². The minimum Gasteiger partial charge on any atom is -0.383 e. The first-order valence-corrected chi connectivity index (χ1v) is 14.7. The molecule has 2 aromatic rings. The third kappa shape index (κ3) is 6.06. The van der Waals surface area contributed by atoms with Crippen LogP contribution in [-0.2, 0) is 16.0 Å². The second-order valence-electron chi connectivity index (χ2n) is 12.2. The van der Waals surface area contributed by atoms with Crippen LogP contribution in [0.3, 0.4) is 0 Å². The SMILES string of the molecule is CCc1cc(NC(=O)C(=O)N2C[C@@H](C)CCC2c2ccc(N3CCC4(CCCN(C)C4)CC3)cc2)cnc1N. The summed E-state index contributed by atoms with van der Waals surface area (Å²) in [7, 11) is 2.26. The van der Waals surface area contributed by atoms with Crippen molar-refractivity contribution < 1.29 is 9.59 Å². The highest BCUT2D eigenvalue weighted by molar-refractivity contribution is 6.39. The van der Waals surface area contributed by atoms with Crippen molar-refractivity contribution in [2.75, 3.05) is 55.7 Å². The number of nitrogen functional groups attached to an aromatic ring is 1. The predicted octanol–water partition coefficient (Wildman–Crippen LogP) is 4.48. The third-order valence-electron chi connectivity index (χ3n) is 9.23. The van der Waals surface area contributed by atoms with Crippen LogP contribution in [0.25, 0.3) is 0 Å². The van der Waals surface area contributed by atoms with Crippen LogP contribution in [0.4, 0.5) is 17.2 Å². The van der Waals surface area contributed by atoms with Gasteiger partial charge in [0.25, 0.3) is 0 Å². The van der Waals surface area contributed by atoms with Crippen LogP contribution in [0.1, 0.15) is 69.5 Å². The van der Waals surface area contributed by atoms with Crippen LogP contribution in [0, 0.1) is 11.3 Å². The van der Waals surface area contributed by atoms with Gasteiger partial charge in [-0.05, 0) is 99.2 Å². The molecule has 39 heavy (non-hydrogen) atoms. The lowest BCUT2D eigenvalue weighted by atomic mass is 9.72. The summed E-state index contributed by atoms with van der Waals surface area (Å²) in [5.74, 6) is -0.332. The van der Waals surface area contributed by atoms with Gasteiger partial charge in [-0.25, -0.2) is 4.98 Å². The van der Waals surface area contributed by atoms with E-state index in [4.69, 9.17) is 5.73 Å². The molecule has 0 saturated carbocycles. The third-order valence-corrected chi connectivity index (χ3v) is 9.23. The molecule has 1 aromatic heterocycles. The van der Waals surface area contributed by atoms with Gasteiger partial charge in [0, 0.05) is 31.9 Å². The number of pyridine rings is 1. The number of nitrogens with one attached hydrogen (secondary N) is 1. The highest BCUT2D eigenvalue weighted by Crippen LogP contribution is 2.41. The van der Waals surface area contributed by atoms with Gasteiger partial charge in [0.2, 0.25) is 0 Å². The molecule has 2 amide bonds. The molecule has 4 heterocycles. The molecule has 210 valence electrons. The normalized spacial score (nSPS) is 23.6. The second-order valence-corrected chi connectivity index (χ2v) is 12.2. The maximum Gasteiger partial charge on any atom is 0.313 e. The van der Waals surface area contributed by atoms with E-state index in [0.29, 0.717) is 35.8 Å². The zero-order valence-corrected chi connectivity index (χ0v) is 23.8. The standard InChI is InChI=1S/C31H44N6O2/c1-4-23-18-25(19-33-28(23)32)34-29(38)30(39)37-20-22(2)6-11-27(37)24-7-9-26(10-8-24)36-16-13-31(14-17-36)12-5-15-35(3)21-31/h7-10,18-19,22,27H,4-6,11-17,20-21H2,1-3H3,(H2,32,33)(H,34,38)/t22-,27?/m0/s1. The first kappa shape index (κ1) is 27.4. The summed E-state index contributed by atoms with van der Waals surface area (Å²) in [5, 5.41) is 2.75. The van der Waals surface area contributed by atoms with Gasteiger partial charge in [-0.2, -0.15) is 0 Å². The highest BCUT2D eigenvalue weighted by atomic mass is 16.2. The topological polar surface area (TPSA) is 94.8 Å². The fourth-order valence-corrected chi connectivity index (χ4v) is 6.92. The molecule has 0 aliphatic carbocycles. The monoisotopic (exact) mass is 532 g/mol. The van der Waals surface area contributed by atoms with Crippen molar-refractivity contribution in [2.24, 2.45) is 11.3 Å². The van der Waals surface area contributed by atoms with Crippen LogP contribution < -0.4 is 16.0 Å². The molecule has 0 radical (unpaired) electrons. The predicted molar refractivity (Wildman–Crippen MR) is 157 cm³/mol. The zero-order chi connectivity index (χ0) is 27.6. The summed E-state index contributed by atoms with van der Waals surface area (Å²) >= 11 is 0. The molecule has 1 spiro atoms. The number of carbonyl (C=O) groups excluding carboxylic acids is 2. The van der Waals surface area contributed by atoms with Gasteiger partial charge in [-0.3, -0.25) is 9.59 Å². The number of likely N-dealkylation sites (tertiary alicyclic amines) is 2. The Labute approximate surface area is 232 Å². The van der Waals surface area contributed by atoms with Gasteiger partial charge in [0.1, 0.15) is 5.82 Å². The number of aryl methyl sites for hydroxylation is 1. The molecule has 8 nitrogen and oxygen atoms in total. The Bertz CT molecular complexity index is 1170. The summed E-state index contributed by atoms with van der Waals surface area (Å²) in [5.41, 5.74) is 10.1. The van der Waals surface area contributed by atoms with E-state index in [1.807, 2.05) is 6.92 Å². The van der Waals surface area contributed by atoms with Crippen LogP contribution in [0.15, 0.2) is 36.5 Å². The Hall–Kier alpha value is -3.13. The summed E-state index contributed by atoms with van der Waals surface area (Å²) in [6.07, 6.45) is 9.26. The van der Waals surface area contributed by atoms with Gasteiger partial charge < -0.3 is 25.8 Å². The Morgan fingerprint density at radius 3 is 2.54 bits per heavy atom. The van der Waals surface area contributed by atoms with E-state index in [0.717, 1.165) is 37.1 Å². The Morgan fingerprint density at radius 2 is 1.85 bits per heavy atom. The van der Waals surface area contributed by atoms with Gasteiger partial charge in [0.05, 0.1) is 17.9 Å². The van der Waals surface area contributed by atoms with Gasteiger partial charge >= 0.3 is 11.8 Å². The molecule has 0 bridgehead atoms. The highest BCUT2D eigenvalue weighted by Gasteiger charge is 2.38. The fourth-order valence-electron chi connectivity index (χ4n) is 6.92. The van der Waals surface area contributed by atoms with E-state index in [1.165, 1.54) is 50.7 Å². The first-order chi connectivity index (χ1) is 18.8. The molecule has 1 aromatic carbocycles. The van der Waals surface area contributed by atoms with E-state index >= 15 is 0 Å². The lowest BCUT2D eigenvalue weighted by Gasteiger charge is -2.47. The van der Waals surface area contributed by atoms with Gasteiger partial charge in [0.15, 0.2) is 0 Å². The molecule has 3 fully saturated rings. The Morgan fingerprint density at radius 1 is 1.10 bits per heavy atom. The molecule has 5 rings (SSSR count). The average Bonchev–Trinajstić information content (AvgIpc) is 2.94. The molecule has 3 saturated heterocycles. The molecular weight excluding hydrogens is 488 g/mol.